The Hall–Kier alpha value is -2.60. The largest absolute Gasteiger partial charge is 0.299 e. The van der Waals surface area contributed by atoms with Crippen molar-refractivity contribution in [2.75, 3.05) is 0 Å². The monoisotopic (exact) mass is 301 g/mol. The van der Waals surface area contributed by atoms with Gasteiger partial charge in [-0.2, -0.15) is 0 Å². The fourth-order valence-corrected chi connectivity index (χ4v) is 3.38. The number of hydrogen-bond donors (Lipinski definition) is 0. The molecule has 2 aromatic heterocycles. The smallest absolute Gasteiger partial charge is 0.188 e. The van der Waals surface area contributed by atoms with Gasteiger partial charge in [-0.05, 0) is 55.5 Å². The molecule has 0 N–H and O–H groups in total. The molecule has 3 nitrogen and oxygen atoms in total. The second-order valence-electron chi connectivity index (χ2n) is 6.21. The number of pyridine rings is 1. The van der Waals surface area contributed by atoms with E-state index < -0.39 is 0 Å². The minimum atomic E-state index is 0.483. The molecule has 3 aromatic rings. The highest BCUT2D eigenvalue weighted by atomic mass is 15.1. The van der Waals surface area contributed by atoms with Crippen LogP contribution in [0.2, 0.25) is 0 Å². The van der Waals surface area contributed by atoms with E-state index in [1.165, 1.54) is 31.2 Å². The number of nitrogens with zero attached hydrogens (tertiary/aromatic N) is 3. The van der Waals surface area contributed by atoms with E-state index in [1.807, 2.05) is 30.5 Å². The molecule has 1 aliphatic rings. The quantitative estimate of drug-likeness (QED) is 0.629. The van der Waals surface area contributed by atoms with E-state index in [0.717, 1.165) is 22.6 Å². The number of fused-ring (bicyclic) bond motifs is 1. The minimum absolute atomic E-state index is 0.483. The lowest BCUT2D eigenvalue weighted by Crippen LogP contribution is -2.08. The summed E-state index contributed by atoms with van der Waals surface area (Å²) in [5.74, 6) is 7.39. The van der Waals surface area contributed by atoms with E-state index in [2.05, 4.69) is 40.4 Å². The standard InChI is InChI=1S/C20H19N3/c1-15-6-4-7-16(14-15)11-12-19-22-18-10-5-13-21-20(18)23(19)17-8-2-3-9-17/h4-7,10,13-14,17H,2-3,8-9H2,1H3. The molecule has 3 heteroatoms. The number of rotatable bonds is 1. The van der Waals surface area contributed by atoms with E-state index in [-0.39, 0.29) is 0 Å². The molecule has 23 heavy (non-hydrogen) atoms. The molecule has 0 aliphatic heterocycles. The summed E-state index contributed by atoms with van der Waals surface area (Å²) >= 11 is 0. The Balaban J connectivity index is 1.82. The van der Waals surface area contributed by atoms with Crippen molar-refractivity contribution >= 4 is 11.2 Å². The van der Waals surface area contributed by atoms with Crippen molar-refractivity contribution in [3.8, 4) is 11.8 Å². The summed E-state index contributed by atoms with van der Waals surface area (Å²) < 4.78 is 2.26. The normalized spacial score (nSPS) is 14.8. The van der Waals surface area contributed by atoms with E-state index in [9.17, 15) is 0 Å². The zero-order valence-electron chi connectivity index (χ0n) is 13.3. The van der Waals surface area contributed by atoms with Gasteiger partial charge in [-0.25, -0.2) is 9.97 Å². The lowest BCUT2D eigenvalue weighted by atomic mass is 10.1. The zero-order chi connectivity index (χ0) is 15.6. The predicted molar refractivity (Wildman–Crippen MR) is 92.2 cm³/mol. The molecule has 0 spiro atoms. The summed E-state index contributed by atoms with van der Waals surface area (Å²) in [7, 11) is 0. The van der Waals surface area contributed by atoms with Crippen LogP contribution in [-0.4, -0.2) is 14.5 Å². The second-order valence-corrected chi connectivity index (χ2v) is 6.21. The molecule has 2 heterocycles. The highest BCUT2D eigenvalue weighted by Crippen LogP contribution is 2.32. The summed E-state index contributed by atoms with van der Waals surface area (Å²) in [5.41, 5.74) is 4.16. The SMILES string of the molecule is Cc1cccc(C#Cc2nc3cccnc3n2C2CCCC2)c1. The topological polar surface area (TPSA) is 30.7 Å². The third kappa shape index (κ3) is 2.73. The number of hydrogen-bond acceptors (Lipinski definition) is 2. The van der Waals surface area contributed by atoms with Crippen molar-refractivity contribution in [3.63, 3.8) is 0 Å². The van der Waals surface area contributed by atoms with Gasteiger partial charge in [0.25, 0.3) is 0 Å². The van der Waals surface area contributed by atoms with Crippen molar-refractivity contribution in [1.29, 1.82) is 0 Å². The van der Waals surface area contributed by atoms with Crippen LogP contribution in [0.3, 0.4) is 0 Å². The van der Waals surface area contributed by atoms with E-state index in [0.29, 0.717) is 6.04 Å². The number of aryl methyl sites for hydroxylation is 1. The Labute approximate surface area is 136 Å². The number of benzene rings is 1. The van der Waals surface area contributed by atoms with Gasteiger partial charge in [0.05, 0.1) is 0 Å². The van der Waals surface area contributed by atoms with E-state index in [1.54, 1.807) is 0 Å². The zero-order valence-corrected chi connectivity index (χ0v) is 13.3. The molecule has 1 aromatic carbocycles. The lowest BCUT2D eigenvalue weighted by molar-refractivity contribution is 0.524. The van der Waals surface area contributed by atoms with Crippen LogP contribution in [0.15, 0.2) is 42.6 Å². The van der Waals surface area contributed by atoms with Gasteiger partial charge in [-0.1, -0.05) is 30.9 Å². The minimum Gasteiger partial charge on any atom is -0.299 e. The van der Waals surface area contributed by atoms with Crippen LogP contribution in [0.5, 0.6) is 0 Å². The maximum atomic E-state index is 4.72. The Morgan fingerprint density at radius 3 is 2.78 bits per heavy atom. The Kier molecular flexibility index (Phi) is 3.59. The van der Waals surface area contributed by atoms with Crippen molar-refractivity contribution in [2.45, 2.75) is 38.6 Å². The average molecular weight is 301 g/mol. The number of imidazole rings is 1. The first-order valence-electron chi connectivity index (χ1n) is 8.23. The van der Waals surface area contributed by atoms with Gasteiger partial charge in [0.1, 0.15) is 5.52 Å². The summed E-state index contributed by atoms with van der Waals surface area (Å²) in [6.45, 7) is 2.09. The van der Waals surface area contributed by atoms with Gasteiger partial charge >= 0.3 is 0 Å². The van der Waals surface area contributed by atoms with Crippen molar-refractivity contribution in [1.82, 2.24) is 14.5 Å². The molecular formula is C20H19N3. The van der Waals surface area contributed by atoms with Gasteiger partial charge in [0, 0.05) is 17.8 Å². The molecule has 0 bridgehead atoms. The molecule has 1 fully saturated rings. The summed E-state index contributed by atoms with van der Waals surface area (Å²) in [6.07, 6.45) is 6.79. The molecular weight excluding hydrogens is 282 g/mol. The maximum Gasteiger partial charge on any atom is 0.188 e. The molecule has 0 amide bonds. The molecule has 4 rings (SSSR count). The van der Waals surface area contributed by atoms with Crippen LogP contribution >= 0.6 is 0 Å². The van der Waals surface area contributed by atoms with Crippen LogP contribution in [0, 0.1) is 18.8 Å². The third-order valence-corrected chi connectivity index (χ3v) is 4.48. The highest BCUT2D eigenvalue weighted by Gasteiger charge is 2.22. The molecule has 0 radical (unpaired) electrons. The fourth-order valence-electron chi connectivity index (χ4n) is 3.38. The van der Waals surface area contributed by atoms with Gasteiger partial charge in [-0.3, -0.25) is 4.57 Å². The Morgan fingerprint density at radius 1 is 1.09 bits per heavy atom. The summed E-state index contributed by atoms with van der Waals surface area (Å²) in [6, 6.07) is 12.7. The molecule has 114 valence electrons. The fraction of sp³-hybridized carbons (Fsp3) is 0.300. The summed E-state index contributed by atoms with van der Waals surface area (Å²) in [5, 5.41) is 0. The van der Waals surface area contributed by atoms with Crippen LogP contribution in [0.1, 0.15) is 48.7 Å². The van der Waals surface area contributed by atoms with Crippen LogP contribution < -0.4 is 0 Å². The maximum absolute atomic E-state index is 4.72. The summed E-state index contributed by atoms with van der Waals surface area (Å²) in [4.78, 5) is 9.27. The third-order valence-electron chi connectivity index (χ3n) is 4.48. The van der Waals surface area contributed by atoms with Gasteiger partial charge in [0.2, 0.25) is 0 Å². The van der Waals surface area contributed by atoms with Crippen molar-refractivity contribution < 1.29 is 0 Å². The molecule has 1 saturated carbocycles. The van der Waals surface area contributed by atoms with Gasteiger partial charge in [0.15, 0.2) is 11.5 Å². The van der Waals surface area contributed by atoms with Crippen LogP contribution in [0.4, 0.5) is 0 Å². The number of aromatic nitrogens is 3. The Morgan fingerprint density at radius 2 is 1.96 bits per heavy atom. The van der Waals surface area contributed by atoms with Gasteiger partial charge in [-0.15, -0.1) is 0 Å². The average Bonchev–Trinajstić information content (AvgIpc) is 3.19. The molecule has 0 atom stereocenters. The molecule has 0 saturated heterocycles. The molecule has 1 aliphatic carbocycles. The lowest BCUT2D eigenvalue weighted by Gasteiger charge is -2.13. The predicted octanol–water partition coefficient (Wildman–Crippen LogP) is 4.25. The first-order chi connectivity index (χ1) is 11.3. The van der Waals surface area contributed by atoms with Crippen LogP contribution in [0.25, 0.3) is 11.2 Å². The first-order valence-corrected chi connectivity index (χ1v) is 8.23. The van der Waals surface area contributed by atoms with Crippen molar-refractivity contribution in [3.05, 3.63) is 59.5 Å². The Bertz CT molecular complexity index is 905. The van der Waals surface area contributed by atoms with Crippen LogP contribution in [-0.2, 0) is 0 Å². The van der Waals surface area contributed by atoms with E-state index in [4.69, 9.17) is 4.98 Å². The first kappa shape index (κ1) is 14.0. The molecule has 0 unspecified atom stereocenters. The van der Waals surface area contributed by atoms with Gasteiger partial charge < -0.3 is 0 Å². The highest BCUT2D eigenvalue weighted by molar-refractivity contribution is 5.72. The van der Waals surface area contributed by atoms with E-state index >= 15 is 0 Å². The second kappa shape index (κ2) is 5.89. The van der Waals surface area contributed by atoms with Crippen molar-refractivity contribution in [2.24, 2.45) is 0 Å².